The molecule has 1 amide bonds. The summed E-state index contributed by atoms with van der Waals surface area (Å²) in [6.45, 7) is 7.20. The van der Waals surface area contributed by atoms with Crippen LogP contribution in [0.3, 0.4) is 0 Å². The molecule has 1 aromatic carbocycles. The third-order valence-electron chi connectivity index (χ3n) is 6.06. The van der Waals surface area contributed by atoms with E-state index in [1.54, 1.807) is 21.1 Å². The van der Waals surface area contributed by atoms with Gasteiger partial charge in [-0.05, 0) is 37.4 Å². The van der Waals surface area contributed by atoms with Crippen molar-refractivity contribution in [3.05, 3.63) is 29.8 Å². The Kier molecular flexibility index (Phi) is 5.64. The zero-order valence-corrected chi connectivity index (χ0v) is 15.7. The number of methoxy groups -OCH3 is 2. The summed E-state index contributed by atoms with van der Waals surface area (Å²) in [6.07, 6.45) is 2.25. The summed E-state index contributed by atoms with van der Waals surface area (Å²) in [4.78, 5) is 16.4. The van der Waals surface area contributed by atoms with Gasteiger partial charge in [0.05, 0.1) is 13.7 Å². The molecule has 1 aromatic rings. The molecule has 5 heteroatoms. The topological polar surface area (TPSA) is 42.0 Å². The van der Waals surface area contributed by atoms with Crippen molar-refractivity contribution in [1.82, 2.24) is 9.80 Å². The summed E-state index contributed by atoms with van der Waals surface area (Å²) in [5.74, 6) is 1.60. The van der Waals surface area contributed by atoms with E-state index in [0.29, 0.717) is 5.92 Å². The third kappa shape index (κ3) is 3.82. The number of ether oxygens (including phenoxy) is 2. The van der Waals surface area contributed by atoms with Gasteiger partial charge in [0.2, 0.25) is 5.91 Å². The van der Waals surface area contributed by atoms with Crippen molar-refractivity contribution in [2.45, 2.75) is 26.3 Å². The molecule has 2 heterocycles. The van der Waals surface area contributed by atoms with Crippen molar-refractivity contribution in [3.63, 3.8) is 0 Å². The van der Waals surface area contributed by atoms with Crippen LogP contribution in [-0.4, -0.2) is 62.7 Å². The Morgan fingerprint density at radius 3 is 2.60 bits per heavy atom. The summed E-state index contributed by atoms with van der Waals surface area (Å²) in [7, 11) is 3.50. The minimum Gasteiger partial charge on any atom is -0.496 e. The van der Waals surface area contributed by atoms with Gasteiger partial charge in [-0.15, -0.1) is 0 Å². The van der Waals surface area contributed by atoms with Crippen molar-refractivity contribution in [1.29, 1.82) is 0 Å². The Bertz CT molecular complexity index is 596. The SMILES string of the molecule is COCC1CN(C(C)=O)CC12CCN(Cc1ccccc1OC)CC2. The zero-order valence-electron chi connectivity index (χ0n) is 15.7. The largest absolute Gasteiger partial charge is 0.496 e. The van der Waals surface area contributed by atoms with E-state index < -0.39 is 0 Å². The van der Waals surface area contributed by atoms with E-state index in [1.165, 1.54) is 5.56 Å². The number of amides is 1. The molecule has 0 radical (unpaired) electrons. The predicted octanol–water partition coefficient (Wildman–Crippen LogP) is 2.40. The van der Waals surface area contributed by atoms with Crippen LogP contribution in [0.2, 0.25) is 0 Å². The third-order valence-corrected chi connectivity index (χ3v) is 6.06. The van der Waals surface area contributed by atoms with Crippen molar-refractivity contribution in [2.75, 3.05) is 47.0 Å². The fraction of sp³-hybridized carbons (Fsp3) is 0.650. The van der Waals surface area contributed by atoms with Crippen LogP contribution >= 0.6 is 0 Å². The molecule has 2 fully saturated rings. The van der Waals surface area contributed by atoms with Gasteiger partial charge in [0.15, 0.2) is 0 Å². The first-order valence-corrected chi connectivity index (χ1v) is 9.16. The van der Waals surface area contributed by atoms with Gasteiger partial charge >= 0.3 is 0 Å². The summed E-state index contributed by atoms with van der Waals surface area (Å²) in [5, 5.41) is 0. The van der Waals surface area contributed by atoms with Crippen LogP contribution in [0.15, 0.2) is 24.3 Å². The number of piperidine rings is 1. The lowest BCUT2D eigenvalue weighted by Crippen LogP contribution is -2.45. The lowest BCUT2D eigenvalue weighted by molar-refractivity contribution is -0.128. The number of carbonyl (C=O) groups is 1. The predicted molar refractivity (Wildman–Crippen MR) is 97.6 cm³/mol. The fourth-order valence-corrected chi connectivity index (χ4v) is 4.50. The number of likely N-dealkylation sites (tertiary alicyclic amines) is 2. The Morgan fingerprint density at radius 1 is 1.24 bits per heavy atom. The number of carbonyl (C=O) groups excluding carboxylic acids is 1. The van der Waals surface area contributed by atoms with Crippen molar-refractivity contribution in [2.24, 2.45) is 11.3 Å². The van der Waals surface area contributed by atoms with Crippen molar-refractivity contribution >= 4 is 5.91 Å². The molecule has 5 nitrogen and oxygen atoms in total. The lowest BCUT2D eigenvalue weighted by Gasteiger charge is -2.42. The highest BCUT2D eigenvalue weighted by Crippen LogP contribution is 2.45. The van der Waals surface area contributed by atoms with Gasteiger partial charge in [-0.25, -0.2) is 0 Å². The highest BCUT2D eigenvalue weighted by molar-refractivity contribution is 5.73. The van der Waals surface area contributed by atoms with Gasteiger partial charge in [0, 0.05) is 45.1 Å². The first-order valence-electron chi connectivity index (χ1n) is 9.16. The van der Waals surface area contributed by atoms with Crippen molar-refractivity contribution < 1.29 is 14.3 Å². The van der Waals surface area contributed by atoms with E-state index in [2.05, 4.69) is 17.0 Å². The molecule has 25 heavy (non-hydrogen) atoms. The summed E-state index contributed by atoms with van der Waals surface area (Å²) in [5.41, 5.74) is 1.46. The van der Waals surface area contributed by atoms with Gasteiger partial charge in [-0.2, -0.15) is 0 Å². The van der Waals surface area contributed by atoms with Crippen LogP contribution in [-0.2, 0) is 16.1 Å². The normalized spacial score (nSPS) is 23.2. The molecular formula is C20H30N2O3. The van der Waals surface area contributed by atoms with Gasteiger partial charge in [0.25, 0.3) is 0 Å². The second-order valence-corrected chi connectivity index (χ2v) is 7.50. The van der Waals surface area contributed by atoms with Gasteiger partial charge in [-0.1, -0.05) is 18.2 Å². The van der Waals surface area contributed by atoms with E-state index in [9.17, 15) is 4.79 Å². The number of hydrogen-bond donors (Lipinski definition) is 0. The van der Waals surface area contributed by atoms with E-state index >= 15 is 0 Å². The van der Waals surface area contributed by atoms with Crippen molar-refractivity contribution in [3.8, 4) is 5.75 Å². The van der Waals surface area contributed by atoms with Crippen LogP contribution in [0.25, 0.3) is 0 Å². The van der Waals surface area contributed by atoms with Gasteiger partial charge in [-0.3, -0.25) is 9.69 Å². The first kappa shape index (κ1) is 18.2. The molecule has 1 spiro atoms. The molecular weight excluding hydrogens is 316 g/mol. The molecule has 2 saturated heterocycles. The molecule has 1 unspecified atom stereocenters. The smallest absolute Gasteiger partial charge is 0.219 e. The first-order chi connectivity index (χ1) is 12.1. The molecule has 1 atom stereocenters. The molecule has 0 bridgehead atoms. The fourth-order valence-electron chi connectivity index (χ4n) is 4.50. The second kappa shape index (κ2) is 7.75. The maximum atomic E-state index is 11.9. The van der Waals surface area contributed by atoms with Crippen LogP contribution in [0.4, 0.5) is 0 Å². The Hall–Kier alpha value is -1.59. The molecule has 2 aliphatic heterocycles. The quantitative estimate of drug-likeness (QED) is 0.821. The maximum absolute atomic E-state index is 11.9. The highest BCUT2D eigenvalue weighted by Gasteiger charge is 2.48. The Morgan fingerprint density at radius 2 is 1.96 bits per heavy atom. The second-order valence-electron chi connectivity index (χ2n) is 7.50. The Balaban J connectivity index is 1.64. The van der Waals surface area contributed by atoms with Crippen LogP contribution in [0, 0.1) is 11.3 Å². The standard InChI is InChI=1S/C20H30N2O3/c1-16(23)22-13-18(14-24-2)20(15-22)8-10-21(11-9-20)12-17-6-4-5-7-19(17)25-3/h4-7,18H,8-15H2,1-3H3. The summed E-state index contributed by atoms with van der Waals surface area (Å²) >= 11 is 0. The lowest BCUT2D eigenvalue weighted by atomic mass is 9.71. The minimum atomic E-state index is 0.189. The molecule has 0 saturated carbocycles. The number of nitrogens with zero attached hydrogens (tertiary/aromatic N) is 2. The van der Waals surface area contributed by atoms with E-state index in [-0.39, 0.29) is 11.3 Å². The molecule has 138 valence electrons. The maximum Gasteiger partial charge on any atom is 0.219 e. The van der Waals surface area contributed by atoms with Crippen LogP contribution < -0.4 is 4.74 Å². The van der Waals surface area contributed by atoms with Crippen LogP contribution in [0.1, 0.15) is 25.3 Å². The van der Waals surface area contributed by atoms with E-state index in [4.69, 9.17) is 9.47 Å². The number of benzene rings is 1. The van der Waals surface area contributed by atoms with Crippen LogP contribution in [0.5, 0.6) is 5.75 Å². The monoisotopic (exact) mass is 346 g/mol. The zero-order chi connectivity index (χ0) is 17.9. The molecule has 2 aliphatic rings. The number of hydrogen-bond acceptors (Lipinski definition) is 4. The number of para-hydroxylation sites is 1. The Labute approximate surface area is 150 Å². The van der Waals surface area contributed by atoms with E-state index in [1.807, 2.05) is 17.0 Å². The molecule has 0 aliphatic carbocycles. The average Bonchev–Trinajstić information content (AvgIpc) is 2.96. The minimum absolute atomic E-state index is 0.189. The van der Waals surface area contributed by atoms with E-state index in [0.717, 1.165) is 57.9 Å². The summed E-state index contributed by atoms with van der Waals surface area (Å²) < 4.78 is 10.9. The molecule has 3 rings (SSSR count). The number of rotatable bonds is 5. The van der Waals surface area contributed by atoms with Gasteiger partial charge < -0.3 is 14.4 Å². The molecule has 0 N–H and O–H groups in total. The summed E-state index contributed by atoms with van der Waals surface area (Å²) in [6, 6.07) is 8.25. The average molecular weight is 346 g/mol. The molecule has 0 aromatic heterocycles. The highest BCUT2D eigenvalue weighted by atomic mass is 16.5. The van der Waals surface area contributed by atoms with Gasteiger partial charge in [0.1, 0.15) is 5.75 Å².